The van der Waals surface area contributed by atoms with Crippen LogP contribution in [0.3, 0.4) is 0 Å². The van der Waals surface area contributed by atoms with E-state index < -0.39 is 0 Å². The van der Waals surface area contributed by atoms with Gasteiger partial charge in [0.05, 0.1) is 11.2 Å². The number of amides is 1. The zero-order valence-corrected chi connectivity index (χ0v) is 9.85. The van der Waals surface area contributed by atoms with Crippen LogP contribution in [-0.2, 0) is 4.79 Å². The summed E-state index contributed by atoms with van der Waals surface area (Å²) in [5.41, 5.74) is 2.22. The summed E-state index contributed by atoms with van der Waals surface area (Å²) in [6.07, 6.45) is 0.428. The van der Waals surface area contributed by atoms with E-state index in [-0.39, 0.29) is 5.91 Å². The number of fused-ring (bicyclic) bond motifs is 1. The first kappa shape index (κ1) is 11.0. The number of anilines is 1. The van der Waals surface area contributed by atoms with Crippen LogP contribution in [0.5, 0.6) is 0 Å². The quantitative estimate of drug-likeness (QED) is 0.844. The number of imidazole rings is 1. The molecule has 4 nitrogen and oxygen atoms in total. The minimum absolute atomic E-state index is 0.0516. The highest BCUT2D eigenvalue weighted by atomic mass is 35.5. The Hall–Kier alpha value is -1.55. The van der Waals surface area contributed by atoms with Crippen LogP contribution >= 0.6 is 11.6 Å². The summed E-state index contributed by atoms with van der Waals surface area (Å²) in [5, 5.41) is 3.35. The van der Waals surface area contributed by atoms with Crippen LogP contribution in [-0.4, -0.2) is 15.9 Å². The molecule has 0 fully saturated rings. The molecular weight excluding hydrogens is 226 g/mol. The fourth-order valence-electron chi connectivity index (χ4n) is 1.54. The predicted octanol–water partition coefficient (Wildman–Crippen LogP) is 2.87. The number of aromatic nitrogens is 2. The van der Waals surface area contributed by atoms with Gasteiger partial charge in [-0.1, -0.05) is 18.5 Å². The average Bonchev–Trinajstić information content (AvgIpc) is 2.58. The lowest BCUT2D eigenvalue weighted by Crippen LogP contribution is -2.09. The molecule has 0 aliphatic heterocycles. The van der Waals surface area contributed by atoms with Crippen LogP contribution in [0.2, 0.25) is 5.02 Å². The molecule has 1 heterocycles. The molecule has 0 unspecified atom stereocenters. The van der Waals surface area contributed by atoms with Crippen molar-refractivity contribution < 1.29 is 4.79 Å². The molecule has 5 heteroatoms. The van der Waals surface area contributed by atoms with Gasteiger partial charge >= 0.3 is 0 Å². The molecule has 2 N–H and O–H groups in total. The number of nitrogens with zero attached hydrogens (tertiary/aromatic N) is 1. The zero-order chi connectivity index (χ0) is 11.7. The first-order valence-corrected chi connectivity index (χ1v) is 5.43. The molecule has 0 spiro atoms. The molecule has 84 valence electrons. The molecular formula is C11H12ClN3O. The van der Waals surface area contributed by atoms with Gasteiger partial charge in [-0.05, 0) is 19.1 Å². The summed E-state index contributed by atoms with van der Waals surface area (Å²) >= 11 is 5.96. The maximum Gasteiger partial charge on any atom is 0.224 e. The third-order valence-electron chi connectivity index (χ3n) is 2.26. The van der Waals surface area contributed by atoms with Crippen LogP contribution in [0.4, 0.5) is 5.69 Å². The van der Waals surface area contributed by atoms with Crippen molar-refractivity contribution in [2.24, 2.45) is 0 Å². The predicted molar refractivity (Wildman–Crippen MR) is 64.8 cm³/mol. The minimum Gasteiger partial charge on any atom is -0.342 e. The SMILES string of the molecule is CCC(=O)Nc1cc(Cl)cc2[nH]c(C)nc12. The summed E-state index contributed by atoms with van der Waals surface area (Å²) in [6, 6.07) is 3.50. The van der Waals surface area contributed by atoms with Crippen LogP contribution in [0.15, 0.2) is 12.1 Å². The van der Waals surface area contributed by atoms with E-state index in [4.69, 9.17) is 11.6 Å². The number of nitrogens with one attached hydrogen (secondary N) is 2. The van der Waals surface area contributed by atoms with Gasteiger partial charge in [0.15, 0.2) is 0 Å². The van der Waals surface area contributed by atoms with E-state index in [1.54, 1.807) is 19.1 Å². The van der Waals surface area contributed by atoms with E-state index in [2.05, 4.69) is 15.3 Å². The number of aromatic amines is 1. The zero-order valence-electron chi connectivity index (χ0n) is 9.10. The number of carbonyl (C=O) groups excluding carboxylic acids is 1. The van der Waals surface area contributed by atoms with Crippen molar-refractivity contribution in [1.29, 1.82) is 0 Å². The average molecular weight is 238 g/mol. The Labute approximate surface area is 98.0 Å². The van der Waals surface area contributed by atoms with Gasteiger partial charge in [0.2, 0.25) is 5.91 Å². The third kappa shape index (κ3) is 2.02. The number of halogens is 1. The molecule has 2 rings (SSSR count). The Kier molecular flexibility index (Phi) is 2.83. The van der Waals surface area contributed by atoms with Gasteiger partial charge in [-0.15, -0.1) is 0 Å². The maximum atomic E-state index is 11.4. The molecule has 16 heavy (non-hydrogen) atoms. The number of aryl methyl sites for hydroxylation is 1. The minimum atomic E-state index is -0.0516. The molecule has 1 aromatic heterocycles. The van der Waals surface area contributed by atoms with Crippen molar-refractivity contribution in [2.75, 3.05) is 5.32 Å². The van der Waals surface area contributed by atoms with Gasteiger partial charge in [0.1, 0.15) is 11.3 Å². The lowest BCUT2D eigenvalue weighted by atomic mass is 10.2. The standard InChI is InChI=1S/C11H12ClN3O/c1-3-10(16)15-9-5-7(12)4-8-11(9)14-6(2)13-8/h4-5H,3H2,1-2H3,(H,13,14)(H,15,16). The van der Waals surface area contributed by atoms with Crippen molar-refractivity contribution >= 4 is 34.2 Å². The van der Waals surface area contributed by atoms with Crippen LogP contribution < -0.4 is 5.32 Å². The van der Waals surface area contributed by atoms with Crippen molar-refractivity contribution in [1.82, 2.24) is 9.97 Å². The summed E-state index contributed by atoms with van der Waals surface area (Å²) in [4.78, 5) is 18.7. The Morgan fingerprint density at radius 2 is 2.31 bits per heavy atom. The fourth-order valence-corrected chi connectivity index (χ4v) is 1.76. The second-order valence-corrected chi connectivity index (χ2v) is 4.01. The normalized spacial score (nSPS) is 10.7. The van der Waals surface area contributed by atoms with Crippen LogP contribution in [0.25, 0.3) is 11.0 Å². The third-order valence-corrected chi connectivity index (χ3v) is 2.48. The lowest BCUT2D eigenvalue weighted by Gasteiger charge is -2.04. The van der Waals surface area contributed by atoms with Crippen molar-refractivity contribution in [2.45, 2.75) is 20.3 Å². The van der Waals surface area contributed by atoms with E-state index in [0.29, 0.717) is 17.1 Å². The van der Waals surface area contributed by atoms with E-state index in [9.17, 15) is 4.79 Å². The van der Waals surface area contributed by atoms with Gasteiger partial charge in [0, 0.05) is 11.4 Å². The Bertz CT molecular complexity index is 547. The van der Waals surface area contributed by atoms with Crippen LogP contribution in [0.1, 0.15) is 19.2 Å². The molecule has 0 atom stereocenters. The molecule has 0 saturated carbocycles. The highest BCUT2D eigenvalue weighted by Crippen LogP contribution is 2.26. The number of hydrogen-bond acceptors (Lipinski definition) is 2. The molecule has 1 amide bonds. The van der Waals surface area contributed by atoms with Gasteiger partial charge < -0.3 is 10.3 Å². The first-order valence-electron chi connectivity index (χ1n) is 5.06. The van der Waals surface area contributed by atoms with Gasteiger partial charge in [-0.2, -0.15) is 0 Å². The molecule has 0 aliphatic carbocycles. The molecule has 0 aliphatic rings. The van der Waals surface area contributed by atoms with Crippen molar-refractivity contribution in [3.05, 3.63) is 23.0 Å². The lowest BCUT2D eigenvalue weighted by molar-refractivity contribution is -0.115. The summed E-state index contributed by atoms with van der Waals surface area (Å²) < 4.78 is 0. The van der Waals surface area contributed by atoms with E-state index in [1.165, 1.54) is 0 Å². The number of H-pyrrole nitrogens is 1. The monoisotopic (exact) mass is 237 g/mol. The topological polar surface area (TPSA) is 57.8 Å². The number of carbonyl (C=O) groups is 1. The number of benzene rings is 1. The molecule has 0 saturated heterocycles. The number of rotatable bonds is 2. The van der Waals surface area contributed by atoms with E-state index in [1.807, 2.05) is 6.92 Å². The smallest absolute Gasteiger partial charge is 0.224 e. The van der Waals surface area contributed by atoms with Crippen LogP contribution in [0, 0.1) is 6.92 Å². The summed E-state index contributed by atoms with van der Waals surface area (Å²) in [5.74, 6) is 0.744. The largest absolute Gasteiger partial charge is 0.342 e. The highest BCUT2D eigenvalue weighted by Gasteiger charge is 2.09. The number of hydrogen-bond donors (Lipinski definition) is 2. The summed E-state index contributed by atoms with van der Waals surface area (Å²) in [6.45, 7) is 3.66. The van der Waals surface area contributed by atoms with Crippen molar-refractivity contribution in [3.63, 3.8) is 0 Å². The highest BCUT2D eigenvalue weighted by molar-refractivity contribution is 6.32. The first-order chi connectivity index (χ1) is 7.60. The Balaban J connectivity index is 2.53. The van der Waals surface area contributed by atoms with Gasteiger partial charge in [-0.25, -0.2) is 4.98 Å². The molecule has 1 aromatic carbocycles. The van der Waals surface area contributed by atoms with Gasteiger partial charge in [-0.3, -0.25) is 4.79 Å². The van der Waals surface area contributed by atoms with E-state index in [0.717, 1.165) is 16.9 Å². The molecule has 2 aromatic rings. The van der Waals surface area contributed by atoms with Crippen molar-refractivity contribution in [3.8, 4) is 0 Å². The summed E-state index contributed by atoms with van der Waals surface area (Å²) in [7, 11) is 0. The Morgan fingerprint density at radius 1 is 1.56 bits per heavy atom. The van der Waals surface area contributed by atoms with Gasteiger partial charge in [0.25, 0.3) is 0 Å². The maximum absolute atomic E-state index is 11.4. The second-order valence-electron chi connectivity index (χ2n) is 3.57. The fraction of sp³-hybridized carbons (Fsp3) is 0.273. The second kappa shape index (κ2) is 4.14. The molecule has 0 radical (unpaired) electrons. The van der Waals surface area contributed by atoms with E-state index >= 15 is 0 Å². The Morgan fingerprint density at radius 3 is 3.00 bits per heavy atom. The molecule has 0 bridgehead atoms.